The standard InChI is InChI=1S/C12H11NO/c13-7-8-4-5-10-9(6-8)2-1-3-11-12(10)14-11/h4-6,11-12H,1-3H2. The van der Waals surface area contributed by atoms with Crippen LogP contribution in [0.25, 0.3) is 0 Å². The summed E-state index contributed by atoms with van der Waals surface area (Å²) in [7, 11) is 0. The van der Waals surface area contributed by atoms with E-state index in [4.69, 9.17) is 10.00 Å². The molecule has 1 saturated heterocycles. The average molecular weight is 185 g/mol. The highest BCUT2D eigenvalue weighted by molar-refractivity contribution is 5.41. The number of hydrogen-bond donors (Lipinski definition) is 0. The normalized spacial score (nSPS) is 28.2. The van der Waals surface area contributed by atoms with Crippen molar-refractivity contribution in [3.05, 3.63) is 34.9 Å². The Balaban J connectivity index is 2.07. The summed E-state index contributed by atoms with van der Waals surface area (Å²) < 4.78 is 5.57. The zero-order chi connectivity index (χ0) is 9.54. The van der Waals surface area contributed by atoms with Crippen LogP contribution in [0.5, 0.6) is 0 Å². The summed E-state index contributed by atoms with van der Waals surface area (Å²) in [5.74, 6) is 0. The fourth-order valence-electron chi connectivity index (χ4n) is 2.30. The topological polar surface area (TPSA) is 36.3 Å². The summed E-state index contributed by atoms with van der Waals surface area (Å²) in [6.45, 7) is 0. The molecule has 2 nitrogen and oxygen atoms in total. The molecule has 1 heterocycles. The van der Waals surface area contributed by atoms with Gasteiger partial charge in [-0.1, -0.05) is 6.07 Å². The van der Waals surface area contributed by atoms with Gasteiger partial charge in [-0.3, -0.25) is 0 Å². The van der Waals surface area contributed by atoms with Crippen LogP contribution in [0, 0.1) is 11.3 Å². The Kier molecular flexibility index (Phi) is 1.62. The fourth-order valence-corrected chi connectivity index (χ4v) is 2.30. The Morgan fingerprint density at radius 3 is 3.21 bits per heavy atom. The minimum Gasteiger partial charge on any atom is -0.364 e. The molecule has 0 saturated carbocycles. The molecule has 0 bridgehead atoms. The Labute approximate surface area is 83.1 Å². The number of nitrogens with zero attached hydrogens (tertiary/aromatic N) is 1. The lowest BCUT2D eigenvalue weighted by molar-refractivity contribution is 0.357. The average Bonchev–Trinajstić information content (AvgIpc) is 2.96. The minimum absolute atomic E-state index is 0.334. The molecular weight excluding hydrogens is 174 g/mol. The zero-order valence-electron chi connectivity index (χ0n) is 7.86. The van der Waals surface area contributed by atoms with Crippen LogP contribution in [-0.2, 0) is 11.2 Å². The molecule has 14 heavy (non-hydrogen) atoms. The lowest BCUT2D eigenvalue weighted by Gasteiger charge is -2.05. The molecule has 0 amide bonds. The van der Waals surface area contributed by atoms with E-state index in [1.807, 2.05) is 12.1 Å². The van der Waals surface area contributed by atoms with E-state index in [0.29, 0.717) is 12.2 Å². The van der Waals surface area contributed by atoms with Gasteiger partial charge in [0.15, 0.2) is 0 Å². The number of hydrogen-bond acceptors (Lipinski definition) is 2. The minimum atomic E-state index is 0.334. The van der Waals surface area contributed by atoms with Crippen LogP contribution >= 0.6 is 0 Å². The van der Waals surface area contributed by atoms with E-state index >= 15 is 0 Å². The highest BCUT2D eigenvalue weighted by Gasteiger charge is 2.42. The van der Waals surface area contributed by atoms with Crippen LogP contribution in [0.2, 0.25) is 0 Å². The third kappa shape index (κ3) is 1.13. The van der Waals surface area contributed by atoms with Crippen molar-refractivity contribution in [2.45, 2.75) is 31.5 Å². The van der Waals surface area contributed by atoms with Gasteiger partial charge in [0.25, 0.3) is 0 Å². The second-order valence-electron chi connectivity index (χ2n) is 4.01. The molecule has 0 spiro atoms. The number of epoxide rings is 1. The van der Waals surface area contributed by atoms with Crippen molar-refractivity contribution < 1.29 is 4.74 Å². The van der Waals surface area contributed by atoms with Crippen LogP contribution in [-0.4, -0.2) is 6.10 Å². The van der Waals surface area contributed by atoms with Crippen molar-refractivity contribution in [3.8, 4) is 6.07 Å². The molecule has 1 aliphatic carbocycles. The molecular formula is C12H11NO. The van der Waals surface area contributed by atoms with Gasteiger partial charge in [-0.15, -0.1) is 0 Å². The van der Waals surface area contributed by atoms with E-state index in [9.17, 15) is 0 Å². The Morgan fingerprint density at radius 1 is 1.43 bits per heavy atom. The molecule has 1 aromatic carbocycles. The molecule has 2 unspecified atom stereocenters. The molecule has 2 atom stereocenters. The molecule has 70 valence electrons. The Hall–Kier alpha value is -1.33. The van der Waals surface area contributed by atoms with Crippen molar-refractivity contribution in [2.24, 2.45) is 0 Å². The van der Waals surface area contributed by atoms with Gasteiger partial charge in [-0.2, -0.15) is 5.26 Å². The monoisotopic (exact) mass is 185 g/mol. The number of rotatable bonds is 0. The van der Waals surface area contributed by atoms with E-state index in [1.165, 1.54) is 24.0 Å². The molecule has 2 aliphatic rings. The third-order valence-corrected chi connectivity index (χ3v) is 3.10. The quantitative estimate of drug-likeness (QED) is 0.581. The number of nitriles is 1. The van der Waals surface area contributed by atoms with Gasteiger partial charge in [0.05, 0.1) is 17.7 Å². The second kappa shape index (κ2) is 2.83. The maximum absolute atomic E-state index is 8.80. The Morgan fingerprint density at radius 2 is 2.36 bits per heavy atom. The zero-order valence-corrected chi connectivity index (χ0v) is 7.86. The summed E-state index contributed by atoms with van der Waals surface area (Å²) in [4.78, 5) is 0. The van der Waals surface area contributed by atoms with Gasteiger partial charge in [0, 0.05) is 0 Å². The first kappa shape index (κ1) is 8.02. The van der Waals surface area contributed by atoms with Crippen molar-refractivity contribution >= 4 is 0 Å². The number of ether oxygens (including phenoxy) is 1. The molecule has 1 aliphatic heterocycles. The first-order valence-corrected chi connectivity index (χ1v) is 5.07. The van der Waals surface area contributed by atoms with Gasteiger partial charge in [0.2, 0.25) is 0 Å². The molecule has 1 fully saturated rings. The van der Waals surface area contributed by atoms with E-state index in [0.717, 1.165) is 12.0 Å². The van der Waals surface area contributed by atoms with Crippen LogP contribution in [0.15, 0.2) is 18.2 Å². The van der Waals surface area contributed by atoms with E-state index in [1.54, 1.807) is 0 Å². The summed E-state index contributed by atoms with van der Waals surface area (Å²) in [6, 6.07) is 8.15. The van der Waals surface area contributed by atoms with E-state index < -0.39 is 0 Å². The highest BCUT2D eigenvalue weighted by atomic mass is 16.6. The molecule has 3 rings (SSSR count). The van der Waals surface area contributed by atoms with Gasteiger partial charge < -0.3 is 4.74 Å². The third-order valence-electron chi connectivity index (χ3n) is 3.10. The second-order valence-corrected chi connectivity index (χ2v) is 4.01. The van der Waals surface area contributed by atoms with Crippen molar-refractivity contribution in [1.29, 1.82) is 5.26 Å². The summed E-state index contributed by atoms with van der Waals surface area (Å²) >= 11 is 0. The molecule has 1 aromatic rings. The SMILES string of the molecule is N#Cc1ccc2c(c1)CCCC1OC21. The Bertz CT molecular complexity index is 419. The number of benzene rings is 1. The maximum atomic E-state index is 8.80. The van der Waals surface area contributed by atoms with Crippen molar-refractivity contribution in [2.75, 3.05) is 0 Å². The predicted octanol–water partition coefficient (Wildman–Crippen LogP) is 2.33. The predicted molar refractivity (Wildman–Crippen MR) is 51.7 cm³/mol. The summed E-state index contributed by atoms with van der Waals surface area (Å²) in [6.07, 6.45) is 4.25. The van der Waals surface area contributed by atoms with Crippen molar-refractivity contribution in [1.82, 2.24) is 0 Å². The summed E-state index contributed by atoms with van der Waals surface area (Å²) in [5.41, 5.74) is 3.39. The lowest BCUT2D eigenvalue weighted by Crippen LogP contribution is -1.92. The molecule has 0 N–H and O–H groups in total. The van der Waals surface area contributed by atoms with Gasteiger partial charge >= 0.3 is 0 Å². The van der Waals surface area contributed by atoms with E-state index in [2.05, 4.69) is 12.1 Å². The fraction of sp³-hybridized carbons (Fsp3) is 0.417. The highest BCUT2D eigenvalue weighted by Crippen LogP contribution is 2.45. The van der Waals surface area contributed by atoms with Crippen LogP contribution in [0.4, 0.5) is 0 Å². The van der Waals surface area contributed by atoms with Crippen LogP contribution in [0.1, 0.15) is 35.6 Å². The first-order valence-electron chi connectivity index (χ1n) is 5.07. The summed E-state index contributed by atoms with van der Waals surface area (Å²) in [5, 5.41) is 8.80. The number of aryl methyl sites for hydroxylation is 1. The van der Waals surface area contributed by atoms with Crippen LogP contribution in [0.3, 0.4) is 0 Å². The first-order chi connectivity index (χ1) is 6.88. The van der Waals surface area contributed by atoms with Gasteiger partial charge in [0.1, 0.15) is 6.10 Å². The van der Waals surface area contributed by atoms with Crippen molar-refractivity contribution in [3.63, 3.8) is 0 Å². The molecule has 0 radical (unpaired) electrons. The van der Waals surface area contributed by atoms with Crippen LogP contribution < -0.4 is 0 Å². The largest absolute Gasteiger partial charge is 0.364 e. The molecule has 2 heteroatoms. The van der Waals surface area contributed by atoms with Gasteiger partial charge in [-0.25, -0.2) is 0 Å². The van der Waals surface area contributed by atoms with E-state index in [-0.39, 0.29) is 0 Å². The van der Waals surface area contributed by atoms with Gasteiger partial charge in [-0.05, 0) is 42.5 Å². The molecule has 0 aromatic heterocycles. The smallest absolute Gasteiger partial charge is 0.109 e. The maximum Gasteiger partial charge on any atom is 0.109 e. The number of fused-ring (bicyclic) bond motifs is 3. The lowest BCUT2D eigenvalue weighted by atomic mass is 10.0.